The number of guanidine groups is 1. The van der Waals surface area contributed by atoms with Crippen molar-refractivity contribution in [2.24, 2.45) is 4.99 Å². The van der Waals surface area contributed by atoms with Crippen LogP contribution in [0.3, 0.4) is 0 Å². The molecule has 2 heterocycles. The molecule has 7 nitrogen and oxygen atoms in total. The molecule has 1 aromatic heterocycles. The first-order chi connectivity index (χ1) is 10.7. The average molecular weight is 303 g/mol. The molecular formula is C15H21N5O2. The number of nitrogens with one attached hydrogen (secondary N) is 1. The monoisotopic (exact) mass is 303 g/mol. The third kappa shape index (κ3) is 3.93. The van der Waals surface area contributed by atoms with E-state index >= 15 is 0 Å². The van der Waals surface area contributed by atoms with Crippen LogP contribution in [0.5, 0.6) is 0 Å². The molecule has 0 bridgehead atoms. The number of hydrogen-bond donors (Lipinski definition) is 1. The Balaban J connectivity index is 2.20. The molecule has 0 aromatic carbocycles. The van der Waals surface area contributed by atoms with Crippen LogP contribution in [0, 0.1) is 11.5 Å². The summed E-state index contributed by atoms with van der Waals surface area (Å²) in [5, 5.41) is 11.5. The molecule has 2 rings (SSSR count). The lowest BCUT2D eigenvalue weighted by Crippen LogP contribution is -2.57. The van der Waals surface area contributed by atoms with E-state index in [2.05, 4.69) is 15.3 Å². The molecule has 118 valence electrons. The van der Waals surface area contributed by atoms with Gasteiger partial charge in [-0.2, -0.15) is 5.26 Å². The summed E-state index contributed by atoms with van der Waals surface area (Å²) in [6, 6.07) is 3.86. The fourth-order valence-electron chi connectivity index (χ4n) is 2.47. The third-order valence-corrected chi connectivity index (χ3v) is 3.28. The third-order valence-electron chi connectivity index (χ3n) is 3.28. The van der Waals surface area contributed by atoms with Crippen molar-refractivity contribution in [2.75, 3.05) is 26.3 Å². The van der Waals surface area contributed by atoms with Crippen LogP contribution < -0.4 is 5.32 Å². The van der Waals surface area contributed by atoms with Crippen molar-refractivity contribution in [2.45, 2.75) is 26.2 Å². The molecule has 0 radical (unpaired) electrons. The Morgan fingerprint density at radius 1 is 1.41 bits per heavy atom. The van der Waals surface area contributed by atoms with Gasteiger partial charge in [-0.25, -0.2) is 4.99 Å². The minimum absolute atomic E-state index is 0.363. The summed E-state index contributed by atoms with van der Waals surface area (Å²) >= 11 is 0. The van der Waals surface area contributed by atoms with E-state index in [0.717, 1.165) is 5.56 Å². The zero-order chi connectivity index (χ0) is 15.8. The highest BCUT2D eigenvalue weighted by molar-refractivity contribution is 5.82. The largest absolute Gasteiger partial charge is 0.347 e. The highest BCUT2D eigenvalue weighted by Gasteiger charge is 2.38. The zero-order valence-electron chi connectivity index (χ0n) is 13.0. The van der Waals surface area contributed by atoms with Crippen LogP contribution in [0.1, 0.15) is 19.4 Å². The Hall–Kier alpha value is -2.17. The summed E-state index contributed by atoms with van der Waals surface area (Å²) in [5.41, 5.74) is 1.03. The summed E-state index contributed by atoms with van der Waals surface area (Å²) in [6.07, 6.45) is 5.45. The SMILES string of the molecule is CCOC1(OCC)CN=C(NC#N)N(Cc2cccnc2)C1. The van der Waals surface area contributed by atoms with Crippen LogP contribution in [0.2, 0.25) is 0 Å². The number of aliphatic imine (C=N–C) groups is 1. The molecule has 0 atom stereocenters. The Labute approximate surface area is 130 Å². The van der Waals surface area contributed by atoms with Gasteiger partial charge < -0.3 is 14.4 Å². The highest BCUT2D eigenvalue weighted by Crippen LogP contribution is 2.22. The van der Waals surface area contributed by atoms with Crippen molar-refractivity contribution >= 4 is 5.96 Å². The van der Waals surface area contributed by atoms with E-state index in [0.29, 0.717) is 38.8 Å². The van der Waals surface area contributed by atoms with Crippen molar-refractivity contribution < 1.29 is 9.47 Å². The predicted molar refractivity (Wildman–Crippen MR) is 81.7 cm³/mol. The second-order valence-electron chi connectivity index (χ2n) is 4.87. The quantitative estimate of drug-likeness (QED) is 0.481. The van der Waals surface area contributed by atoms with Crippen LogP contribution in [0.25, 0.3) is 0 Å². The van der Waals surface area contributed by atoms with Gasteiger partial charge in [0.25, 0.3) is 0 Å². The van der Waals surface area contributed by atoms with Gasteiger partial charge in [-0.05, 0) is 25.5 Å². The second-order valence-corrected chi connectivity index (χ2v) is 4.87. The Bertz CT molecular complexity index is 535. The molecule has 0 unspecified atom stereocenters. The van der Waals surface area contributed by atoms with Crippen LogP contribution in [-0.4, -0.2) is 47.9 Å². The standard InChI is InChI=1S/C15H21N5O2/c1-3-21-15(22-4-2)10-18-14(19-12-16)20(11-15)9-13-6-5-7-17-8-13/h5-8H,3-4,9-11H2,1-2H3,(H,18,19). The van der Waals surface area contributed by atoms with E-state index in [4.69, 9.17) is 14.7 Å². The summed E-state index contributed by atoms with van der Waals surface area (Å²) in [5.74, 6) is -0.242. The number of aromatic nitrogens is 1. The lowest BCUT2D eigenvalue weighted by molar-refractivity contribution is -0.233. The Morgan fingerprint density at radius 2 is 2.18 bits per heavy atom. The van der Waals surface area contributed by atoms with E-state index in [9.17, 15) is 0 Å². The lowest BCUT2D eigenvalue weighted by Gasteiger charge is -2.41. The molecule has 0 fully saturated rings. The minimum Gasteiger partial charge on any atom is -0.347 e. The Morgan fingerprint density at radius 3 is 2.77 bits per heavy atom. The summed E-state index contributed by atoms with van der Waals surface area (Å²) in [4.78, 5) is 10.5. The van der Waals surface area contributed by atoms with Gasteiger partial charge in [0.1, 0.15) is 0 Å². The van der Waals surface area contributed by atoms with Gasteiger partial charge in [0.15, 0.2) is 6.19 Å². The lowest BCUT2D eigenvalue weighted by atomic mass is 10.2. The number of nitrogens with zero attached hydrogens (tertiary/aromatic N) is 4. The van der Waals surface area contributed by atoms with E-state index in [1.807, 2.05) is 37.1 Å². The smallest absolute Gasteiger partial charge is 0.208 e. The second kappa shape index (κ2) is 7.73. The first-order valence-electron chi connectivity index (χ1n) is 7.34. The predicted octanol–water partition coefficient (Wildman–Crippen LogP) is 1.09. The van der Waals surface area contributed by atoms with Gasteiger partial charge in [-0.3, -0.25) is 10.3 Å². The van der Waals surface area contributed by atoms with Crippen molar-refractivity contribution in [1.82, 2.24) is 15.2 Å². The molecule has 1 N–H and O–H groups in total. The maximum Gasteiger partial charge on any atom is 0.208 e. The molecule has 1 aliphatic rings. The van der Waals surface area contributed by atoms with Gasteiger partial charge in [0.05, 0.1) is 13.1 Å². The molecule has 0 saturated heterocycles. The van der Waals surface area contributed by atoms with Gasteiger partial charge in [-0.15, -0.1) is 0 Å². The molecule has 0 amide bonds. The number of rotatable bonds is 6. The van der Waals surface area contributed by atoms with Crippen LogP contribution in [0.4, 0.5) is 0 Å². The zero-order valence-corrected chi connectivity index (χ0v) is 13.0. The van der Waals surface area contributed by atoms with Crippen molar-refractivity contribution in [3.63, 3.8) is 0 Å². The summed E-state index contributed by atoms with van der Waals surface area (Å²) in [6.45, 7) is 6.37. The van der Waals surface area contributed by atoms with E-state index in [1.54, 1.807) is 12.4 Å². The normalized spacial score (nSPS) is 16.8. The van der Waals surface area contributed by atoms with E-state index in [1.165, 1.54) is 0 Å². The number of hydrogen-bond acceptors (Lipinski definition) is 7. The van der Waals surface area contributed by atoms with Crippen molar-refractivity contribution in [1.29, 1.82) is 5.26 Å². The fraction of sp³-hybridized carbons (Fsp3) is 0.533. The van der Waals surface area contributed by atoms with Gasteiger partial charge >= 0.3 is 0 Å². The minimum atomic E-state index is -0.771. The fourth-order valence-corrected chi connectivity index (χ4v) is 2.47. The molecule has 0 aliphatic carbocycles. The maximum absolute atomic E-state index is 8.90. The number of nitriles is 1. The Kier molecular flexibility index (Phi) is 5.69. The summed E-state index contributed by atoms with van der Waals surface area (Å²) < 4.78 is 11.6. The number of pyridine rings is 1. The molecule has 1 aliphatic heterocycles. The average Bonchev–Trinajstić information content (AvgIpc) is 2.52. The first-order valence-corrected chi connectivity index (χ1v) is 7.34. The molecular weight excluding hydrogens is 282 g/mol. The molecule has 0 saturated carbocycles. The van der Waals surface area contributed by atoms with E-state index < -0.39 is 5.79 Å². The molecule has 7 heteroatoms. The van der Waals surface area contributed by atoms with Crippen LogP contribution >= 0.6 is 0 Å². The van der Waals surface area contributed by atoms with Gasteiger partial charge in [-0.1, -0.05) is 6.07 Å². The highest BCUT2D eigenvalue weighted by atomic mass is 16.7. The number of ether oxygens (including phenoxy) is 2. The molecule has 0 spiro atoms. The van der Waals surface area contributed by atoms with E-state index in [-0.39, 0.29) is 0 Å². The van der Waals surface area contributed by atoms with Crippen molar-refractivity contribution in [3.05, 3.63) is 30.1 Å². The summed E-state index contributed by atoms with van der Waals surface area (Å²) in [7, 11) is 0. The maximum atomic E-state index is 8.90. The van der Waals surface area contributed by atoms with Crippen LogP contribution in [0.15, 0.2) is 29.5 Å². The first kappa shape index (κ1) is 16.2. The van der Waals surface area contributed by atoms with Gasteiger partial charge in [0, 0.05) is 32.2 Å². The molecule has 1 aromatic rings. The topological polar surface area (TPSA) is 82.8 Å². The molecule has 22 heavy (non-hydrogen) atoms. The van der Waals surface area contributed by atoms with Crippen LogP contribution in [-0.2, 0) is 16.0 Å². The van der Waals surface area contributed by atoms with Crippen molar-refractivity contribution in [3.8, 4) is 6.19 Å². The van der Waals surface area contributed by atoms with Gasteiger partial charge in [0.2, 0.25) is 11.7 Å².